The predicted molar refractivity (Wildman–Crippen MR) is 94.2 cm³/mol. The molecule has 0 heterocycles. The molecule has 0 atom stereocenters. The topological polar surface area (TPSA) is 50.4 Å². The molecule has 1 rings (SSSR count). The molecule has 0 aromatic heterocycles. The molecule has 122 valence electrons. The highest BCUT2D eigenvalue weighted by molar-refractivity contribution is 9.10. The molecule has 0 unspecified atom stereocenters. The second-order valence-electron chi connectivity index (χ2n) is 5.73. The van der Waals surface area contributed by atoms with Crippen LogP contribution in [0.3, 0.4) is 0 Å². The fourth-order valence-electron chi connectivity index (χ4n) is 1.57. The molecule has 2 N–H and O–H groups in total. The van der Waals surface area contributed by atoms with Gasteiger partial charge in [-0.1, -0.05) is 29.8 Å². The maximum absolute atomic E-state index is 11.4. The van der Waals surface area contributed by atoms with E-state index >= 15 is 0 Å². The highest BCUT2D eigenvalue weighted by Gasteiger charge is 2.14. The summed E-state index contributed by atoms with van der Waals surface area (Å²) >= 11 is 9.39. The molecule has 6 heteroatoms. The summed E-state index contributed by atoms with van der Waals surface area (Å²) in [4.78, 5) is 11.4. The van der Waals surface area contributed by atoms with E-state index in [0.29, 0.717) is 18.1 Å². The molecule has 0 saturated heterocycles. The number of halogens is 2. The molecule has 22 heavy (non-hydrogen) atoms. The Morgan fingerprint density at radius 1 is 1.32 bits per heavy atom. The summed E-state index contributed by atoms with van der Waals surface area (Å²) in [6.45, 7) is 7.39. The molecule has 0 fully saturated rings. The number of benzene rings is 1. The lowest BCUT2D eigenvalue weighted by atomic mass is 10.2. The van der Waals surface area contributed by atoms with E-state index in [2.05, 4.69) is 26.6 Å². The molecular formula is C16H22BrClN2O2. The quantitative estimate of drug-likeness (QED) is 0.564. The van der Waals surface area contributed by atoms with Gasteiger partial charge in [0.15, 0.2) is 0 Å². The van der Waals surface area contributed by atoms with Gasteiger partial charge in [0, 0.05) is 24.1 Å². The van der Waals surface area contributed by atoms with Crippen LogP contribution in [0.15, 0.2) is 34.8 Å². The summed E-state index contributed by atoms with van der Waals surface area (Å²) in [5, 5.41) is 6.64. The number of alkyl carbamates (subject to hydrolysis) is 1. The molecule has 1 aromatic carbocycles. The Morgan fingerprint density at radius 2 is 2.00 bits per heavy atom. The SMILES string of the molecule is CC(C)(C)OC(=O)NC/C=C/CNCc1ccc(Br)c(Cl)c1. The number of rotatable bonds is 6. The average Bonchev–Trinajstić information content (AvgIpc) is 2.39. The van der Waals surface area contributed by atoms with Crippen LogP contribution >= 0.6 is 27.5 Å². The van der Waals surface area contributed by atoms with Gasteiger partial charge in [-0.3, -0.25) is 0 Å². The molecule has 0 aliphatic rings. The standard InChI is InChI=1S/C16H22BrClN2O2/c1-16(2,3)22-15(21)20-9-5-4-8-19-11-12-6-7-13(17)14(18)10-12/h4-7,10,19H,8-9,11H2,1-3H3,(H,20,21)/b5-4+. The third-order valence-electron chi connectivity index (χ3n) is 2.51. The van der Waals surface area contributed by atoms with E-state index in [0.717, 1.165) is 16.6 Å². The van der Waals surface area contributed by atoms with Crippen molar-refractivity contribution in [2.75, 3.05) is 13.1 Å². The molecule has 4 nitrogen and oxygen atoms in total. The van der Waals surface area contributed by atoms with Crippen molar-refractivity contribution in [1.82, 2.24) is 10.6 Å². The molecule has 0 bridgehead atoms. The largest absolute Gasteiger partial charge is 0.444 e. The van der Waals surface area contributed by atoms with Crippen molar-refractivity contribution < 1.29 is 9.53 Å². The first-order valence-corrected chi connectivity index (χ1v) is 8.21. The molecule has 0 radical (unpaired) electrons. The maximum Gasteiger partial charge on any atom is 0.407 e. The van der Waals surface area contributed by atoms with Crippen molar-refractivity contribution >= 4 is 33.6 Å². The minimum absolute atomic E-state index is 0.408. The van der Waals surface area contributed by atoms with Crippen molar-refractivity contribution in [2.24, 2.45) is 0 Å². The zero-order valence-corrected chi connectivity index (χ0v) is 15.4. The minimum Gasteiger partial charge on any atom is -0.444 e. The van der Waals surface area contributed by atoms with Gasteiger partial charge in [-0.25, -0.2) is 4.79 Å². The average molecular weight is 390 g/mol. The number of carbonyl (C=O) groups excluding carboxylic acids is 1. The maximum atomic E-state index is 11.4. The molecule has 0 saturated carbocycles. The first kappa shape index (κ1) is 19.0. The number of hydrogen-bond donors (Lipinski definition) is 2. The van der Waals surface area contributed by atoms with E-state index in [-0.39, 0.29) is 0 Å². The van der Waals surface area contributed by atoms with E-state index in [1.54, 1.807) is 0 Å². The Labute approximate surface area is 145 Å². The smallest absolute Gasteiger partial charge is 0.407 e. The molecule has 0 spiro atoms. The number of nitrogens with one attached hydrogen (secondary N) is 2. The second kappa shape index (κ2) is 9.18. The van der Waals surface area contributed by atoms with Crippen LogP contribution in [0.25, 0.3) is 0 Å². The van der Waals surface area contributed by atoms with Crippen LogP contribution in [0, 0.1) is 0 Å². The second-order valence-corrected chi connectivity index (χ2v) is 7.00. The van der Waals surface area contributed by atoms with Gasteiger partial charge < -0.3 is 15.4 Å². The van der Waals surface area contributed by atoms with Gasteiger partial charge in [-0.15, -0.1) is 0 Å². The normalized spacial score (nSPS) is 11.7. The third kappa shape index (κ3) is 8.41. The van der Waals surface area contributed by atoms with Crippen LogP contribution in [0.4, 0.5) is 4.79 Å². The van der Waals surface area contributed by atoms with Crippen molar-refractivity contribution in [1.29, 1.82) is 0 Å². The molecule has 0 aliphatic heterocycles. The predicted octanol–water partition coefficient (Wildman–Crippen LogP) is 4.27. The van der Waals surface area contributed by atoms with E-state index < -0.39 is 11.7 Å². The Balaban J connectivity index is 2.16. The first-order valence-electron chi connectivity index (χ1n) is 7.04. The van der Waals surface area contributed by atoms with E-state index in [1.165, 1.54) is 0 Å². The van der Waals surface area contributed by atoms with Crippen LogP contribution in [0.1, 0.15) is 26.3 Å². The van der Waals surface area contributed by atoms with E-state index in [9.17, 15) is 4.79 Å². The van der Waals surface area contributed by atoms with Gasteiger partial charge in [0.1, 0.15) is 5.60 Å². The zero-order valence-electron chi connectivity index (χ0n) is 13.1. The molecule has 1 amide bonds. The summed E-state index contributed by atoms with van der Waals surface area (Å²) in [6.07, 6.45) is 3.43. The highest BCUT2D eigenvalue weighted by atomic mass is 79.9. The van der Waals surface area contributed by atoms with Crippen LogP contribution in [-0.2, 0) is 11.3 Å². The fraction of sp³-hybridized carbons (Fsp3) is 0.438. The summed E-state index contributed by atoms with van der Waals surface area (Å²) in [7, 11) is 0. The van der Waals surface area contributed by atoms with E-state index in [1.807, 2.05) is 51.1 Å². The van der Waals surface area contributed by atoms with Gasteiger partial charge in [0.2, 0.25) is 0 Å². The van der Waals surface area contributed by atoms with Crippen LogP contribution < -0.4 is 10.6 Å². The Bertz CT molecular complexity index is 527. The molecule has 1 aromatic rings. The monoisotopic (exact) mass is 388 g/mol. The third-order valence-corrected chi connectivity index (χ3v) is 3.74. The summed E-state index contributed by atoms with van der Waals surface area (Å²) in [5.74, 6) is 0. The summed E-state index contributed by atoms with van der Waals surface area (Å²) < 4.78 is 6.02. The van der Waals surface area contributed by atoms with E-state index in [4.69, 9.17) is 16.3 Å². The number of carbonyl (C=O) groups is 1. The Morgan fingerprint density at radius 3 is 2.64 bits per heavy atom. The van der Waals surface area contributed by atoms with Crippen molar-refractivity contribution in [3.63, 3.8) is 0 Å². The summed E-state index contributed by atoms with van der Waals surface area (Å²) in [6, 6.07) is 5.86. The van der Waals surface area contributed by atoms with Gasteiger partial charge in [-0.05, 0) is 54.4 Å². The lowest BCUT2D eigenvalue weighted by Gasteiger charge is -2.19. The lowest BCUT2D eigenvalue weighted by Crippen LogP contribution is -2.32. The van der Waals surface area contributed by atoms with Gasteiger partial charge in [0.05, 0.1) is 5.02 Å². The van der Waals surface area contributed by atoms with Gasteiger partial charge in [-0.2, -0.15) is 0 Å². The van der Waals surface area contributed by atoms with Crippen molar-refractivity contribution in [3.8, 4) is 0 Å². The minimum atomic E-state index is -0.471. The molecular weight excluding hydrogens is 368 g/mol. The Kier molecular flexibility index (Phi) is 7.93. The van der Waals surface area contributed by atoms with Crippen LogP contribution in [0.5, 0.6) is 0 Å². The van der Waals surface area contributed by atoms with Crippen LogP contribution in [0.2, 0.25) is 5.02 Å². The van der Waals surface area contributed by atoms with Crippen molar-refractivity contribution in [3.05, 3.63) is 45.4 Å². The number of ether oxygens (including phenoxy) is 1. The van der Waals surface area contributed by atoms with Crippen LogP contribution in [-0.4, -0.2) is 24.8 Å². The number of amides is 1. The fourth-order valence-corrected chi connectivity index (χ4v) is 2.02. The summed E-state index contributed by atoms with van der Waals surface area (Å²) in [5.41, 5.74) is 0.648. The first-order chi connectivity index (χ1) is 10.3. The van der Waals surface area contributed by atoms with Crippen molar-refractivity contribution in [2.45, 2.75) is 32.9 Å². The number of hydrogen-bond acceptors (Lipinski definition) is 3. The molecule has 0 aliphatic carbocycles. The van der Waals surface area contributed by atoms with Gasteiger partial charge in [0.25, 0.3) is 0 Å². The van der Waals surface area contributed by atoms with Gasteiger partial charge >= 0.3 is 6.09 Å². The zero-order chi connectivity index (χ0) is 16.6. The highest BCUT2D eigenvalue weighted by Crippen LogP contribution is 2.22. The Hall–Kier alpha value is -1.04. The lowest BCUT2D eigenvalue weighted by molar-refractivity contribution is 0.0534.